The summed E-state index contributed by atoms with van der Waals surface area (Å²) < 4.78 is 0. The highest BCUT2D eigenvalue weighted by molar-refractivity contribution is 6.35. The predicted octanol–water partition coefficient (Wildman–Crippen LogP) is 5.21. The number of rotatable bonds is 4. The van der Waals surface area contributed by atoms with Crippen LogP contribution in [0.4, 0.5) is 11.4 Å². The smallest absolute Gasteiger partial charge is 0.294 e. The zero-order valence-corrected chi connectivity index (χ0v) is 13.7. The Morgan fingerprint density at radius 2 is 1.74 bits per heavy atom. The zero-order chi connectivity index (χ0) is 17.0. The number of carbonyl (C=O) groups is 1. The van der Waals surface area contributed by atoms with Crippen molar-refractivity contribution in [2.24, 2.45) is 0 Å². The van der Waals surface area contributed by atoms with Crippen molar-refractivity contribution in [3.63, 3.8) is 0 Å². The largest absolute Gasteiger partial charge is 0.317 e. The van der Waals surface area contributed by atoms with Gasteiger partial charge < -0.3 is 5.32 Å². The first kappa shape index (κ1) is 17.3. The Bertz CT molecular complexity index is 807. The molecule has 2 aromatic carbocycles. The van der Waals surface area contributed by atoms with Crippen molar-refractivity contribution in [2.45, 2.75) is 0 Å². The van der Waals surface area contributed by atoms with E-state index in [0.717, 1.165) is 6.07 Å². The zero-order valence-electron chi connectivity index (χ0n) is 11.4. The predicted molar refractivity (Wildman–Crippen MR) is 92.2 cm³/mol. The Balaban J connectivity index is 2.17. The number of nitrogens with one attached hydrogen (secondary N) is 1. The average molecular weight is 372 g/mol. The first-order valence-corrected chi connectivity index (χ1v) is 7.38. The summed E-state index contributed by atoms with van der Waals surface area (Å²) in [6, 6.07) is 8.81. The topological polar surface area (TPSA) is 72.2 Å². The van der Waals surface area contributed by atoms with Crippen molar-refractivity contribution in [3.05, 3.63) is 73.2 Å². The fourth-order valence-corrected chi connectivity index (χ4v) is 2.38. The van der Waals surface area contributed by atoms with Gasteiger partial charge in [-0.3, -0.25) is 14.9 Å². The second kappa shape index (κ2) is 7.46. The Kier molecular flexibility index (Phi) is 5.60. The summed E-state index contributed by atoms with van der Waals surface area (Å²) >= 11 is 17.5. The van der Waals surface area contributed by atoms with E-state index >= 15 is 0 Å². The highest BCUT2D eigenvalue weighted by Crippen LogP contribution is 2.28. The van der Waals surface area contributed by atoms with Crippen molar-refractivity contribution in [1.29, 1.82) is 0 Å². The van der Waals surface area contributed by atoms with E-state index in [0.29, 0.717) is 15.6 Å². The minimum atomic E-state index is -0.624. The van der Waals surface area contributed by atoms with E-state index in [4.69, 9.17) is 34.8 Å². The van der Waals surface area contributed by atoms with Gasteiger partial charge in [-0.05, 0) is 35.9 Å². The van der Waals surface area contributed by atoms with Crippen molar-refractivity contribution in [1.82, 2.24) is 0 Å². The number of carbonyl (C=O) groups excluding carboxylic acids is 1. The molecule has 0 saturated carbocycles. The number of hydrogen-bond acceptors (Lipinski definition) is 3. The molecule has 23 heavy (non-hydrogen) atoms. The molecule has 5 nitrogen and oxygen atoms in total. The second-order valence-corrected chi connectivity index (χ2v) is 5.69. The van der Waals surface area contributed by atoms with Crippen LogP contribution in [0.15, 0.2) is 42.5 Å². The Morgan fingerprint density at radius 1 is 1.09 bits per heavy atom. The first-order valence-electron chi connectivity index (χ1n) is 6.25. The lowest BCUT2D eigenvalue weighted by atomic mass is 10.2. The molecule has 2 aromatic rings. The molecule has 2 rings (SSSR count). The molecule has 0 fully saturated rings. The van der Waals surface area contributed by atoms with Crippen LogP contribution in [0.3, 0.4) is 0 Å². The Hall–Kier alpha value is -2.08. The van der Waals surface area contributed by atoms with Gasteiger partial charge in [-0.1, -0.05) is 40.9 Å². The lowest BCUT2D eigenvalue weighted by molar-refractivity contribution is -0.383. The molecule has 0 aliphatic heterocycles. The molecule has 0 saturated heterocycles. The van der Waals surface area contributed by atoms with Gasteiger partial charge in [0.15, 0.2) is 0 Å². The molecule has 0 atom stereocenters. The third kappa shape index (κ3) is 4.69. The number of benzene rings is 2. The van der Waals surface area contributed by atoms with Crippen molar-refractivity contribution < 1.29 is 9.72 Å². The maximum Gasteiger partial charge on any atom is 0.294 e. The Labute approximate surface area is 146 Å². The number of nitro groups is 1. The molecule has 1 amide bonds. The molecule has 8 heteroatoms. The molecule has 0 radical (unpaired) electrons. The number of halogens is 3. The third-order valence-electron chi connectivity index (χ3n) is 2.79. The lowest BCUT2D eigenvalue weighted by Crippen LogP contribution is -2.09. The normalized spacial score (nSPS) is 10.7. The quantitative estimate of drug-likeness (QED) is 0.456. The van der Waals surface area contributed by atoms with Gasteiger partial charge in [0.1, 0.15) is 5.69 Å². The van der Waals surface area contributed by atoms with Crippen LogP contribution < -0.4 is 5.32 Å². The van der Waals surface area contributed by atoms with E-state index in [1.807, 2.05) is 0 Å². The van der Waals surface area contributed by atoms with Crippen LogP contribution in [-0.4, -0.2) is 10.8 Å². The molecule has 0 bridgehead atoms. The summed E-state index contributed by atoms with van der Waals surface area (Å²) in [5, 5.41) is 14.5. The fourth-order valence-electron chi connectivity index (χ4n) is 1.74. The van der Waals surface area contributed by atoms with Crippen LogP contribution in [0, 0.1) is 10.1 Å². The monoisotopic (exact) mass is 370 g/mol. The highest BCUT2D eigenvalue weighted by atomic mass is 35.5. The molecule has 0 spiro atoms. The highest BCUT2D eigenvalue weighted by Gasteiger charge is 2.15. The minimum Gasteiger partial charge on any atom is -0.317 e. The summed E-state index contributed by atoms with van der Waals surface area (Å²) in [5.41, 5.74) is 0.358. The van der Waals surface area contributed by atoms with Gasteiger partial charge in [0, 0.05) is 27.2 Å². The summed E-state index contributed by atoms with van der Waals surface area (Å²) in [5.74, 6) is -0.540. The van der Waals surface area contributed by atoms with Crippen LogP contribution >= 0.6 is 34.8 Å². The van der Waals surface area contributed by atoms with E-state index in [1.54, 1.807) is 18.2 Å². The second-order valence-electron chi connectivity index (χ2n) is 4.41. The third-order valence-corrected chi connectivity index (χ3v) is 3.59. The van der Waals surface area contributed by atoms with Crippen LogP contribution in [0.25, 0.3) is 6.08 Å². The van der Waals surface area contributed by atoms with Gasteiger partial charge in [-0.15, -0.1) is 0 Å². The fraction of sp³-hybridized carbons (Fsp3) is 0. The number of nitro benzene ring substituents is 1. The maximum atomic E-state index is 11.9. The van der Waals surface area contributed by atoms with E-state index in [2.05, 4.69) is 5.32 Å². The van der Waals surface area contributed by atoms with Gasteiger partial charge in [-0.2, -0.15) is 0 Å². The first-order chi connectivity index (χ1) is 10.9. The van der Waals surface area contributed by atoms with Crippen molar-refractivity contribution >= 4 is 58.2 Å². The van der Waals surface area contributed by atoms with E-state index in [-0.39, 0.29) is 16.4 Å². The maximum absolute atomic E-state index is 11.9. The number of anilines is 1. The lowest BCUT2D eigenvalue weighted by Gasteiger charge is -2.04. The molecule has 118 valence electrons. The van der Waals surface area contributed by atoms with E-state index < -0.39 is 10.8 Å². The van der Waals surface area contributed by atoms with Crippen molar-refractivity contribution in [2.75, 3.05) is 5.32 Å². The molecular formula is C15H9Cl3N2O3. The van der Waals surface area contributed by atoms with E-state index in [1.165, 1.54) is 24.3 Å². The van der Waals surface area contributed by atoms with Gasteiger partial charge in [0.05, 0.1) is 4.92 Å². The summed E-state index contributed by atoms with van der Waals surface area (Å²) in [6.45, 7) is 0. The van der Waals surface area contributed by atoms with Crippen LogP contribution in [0.5, 0.6) is 0 Å². The molecule has 0 unspecified atom stereocenters. The van der Waals surface area contributed by atoms with Crippen LogP contribution in [0.1, 0.15) is 5.56 Å². The summed E-state index contributed by atoms with van der Waals surface area (Å²) in [7, 11) is 0. The molecule has 0 aromatic heterocycles. The molecular weight excluding hydrogens is 363 g/mol. The average Bonchev–Trinajstić information content (AvgIpc) is 2.48. The standard InChI is InChI=1S/C15H9Cl3N2O3/c16-10-3-1-9(12(18)7-10)2-6-15(21)19-13-5-4-11(17)8-14(13)20(22)23/h1-8H,(H,19,21). The molecule has 1 N–H and O–H groups in total. The van der Waals surface area contributed by atoms with Crippen LogP contribution in [0.2, 0.25) is 15.1 Å². The Morgan fingerprint density at radius 3 is 2.39 bits per heavy atom. The van der Waals surface area contributed by atoms with Gasteiger partial charge >= 0.3 is 0 Å². The van der Waals surface area contributed by atoms with Crippen molar-refractivity contribution in [3.8, 4) is 0 Å². The van der Waals surface area contributed by atoms with Crippen LogP contribution in [-0.2, 0) is 4.79 Å². The SMILES string of the molecule is O=C(C=Cc1ccc(Cl)cc1Cl)Nc1ccc(Cl)cc1[N+](=O)[O-]. The van der Waals surface area contributed by atoms with Gasteiger partial charge in [0.25, 0.3) is 5.69 Å². The minimum absolute atomic E-state index is 0.0521. The van der Waals surface area contributed by atoms with E-state index in [9.17, 15) is 14.9 Å². The molecule has 0 aliphatic rings. The number of amides is 1. The van der Waals surface area contributed by atoms with Gasteiger partial charge in [0.2, 0.25) is 5.91 Å². The number of nitrogens with zero attached hydrogens (tertiary/aromatic N) is 1. The number of hydrogen-bond donors (Lipinski definition) is 1. The summed E-state index contributed by atoms with van der Waals surface area (Å²) in [4.78, 5) is 22.2. The molecule has 0 heterocycles. The van der Waals surface area contributed by atoms with Gasteiger partial charge in [-0.25, -0.2) is 0 Å². The molecule has 0 aliphatic carbocycles. The summed E-state index contributed by atoms with van der Waals surface area (Å²) in [6.07, 6.45) is 2.70.